The van der Waals surface area contributed by atoms with Crippen molar-refractivity contribution in [1.82, 2.24) is 14.9 Å². The van der Waals surface area contributed by atoms with Crippen LogP contribution in [0.2, 0.25) is 0 Å². The molecule has 32 heavy (non-hydrogen) atoms. The predicted octanol–water partition coefficient (Wildman–Crippen LogP) is 5.05. The fourth-order valence-corrected chi connectivity index (χ4v) is 3.92. The first-order valence-electron chi connectivity index (χ1n) is 10.7. The molecule has 0 unspecified atom stereocenters. The maximum atomic E-state index is 12.4. The number of nitrogens with one attached hydrogen (secondary N) is 1. The van der Waals surface area contributed by atoms with Gasteiger partial charge >= 0.3 is 0 Å². The molecular weight excluding hydrogens is 398 g/mol. The first-order chi connectivity index (χ1) is 15.7. The number of nitrogens with zero attached hydrogens (tertiary/aromatic N) is 2. The summed E-state index contributed by atoms with van der Waals surface area (Å²) >= 11 is 0. The van der Waals surface area contributed by atoms with Crippen LogP contribution in [0.25, 0.3) is 22.4 Å². The van der Waals surface area contributed by atoms with E-state index in [9.17, 15) is 9.59 Å². The highest BCUT2D eigenvalue weighted by Gasteiger charge is 2.34. The molecule has 5 rings (SSSR count). The molecule has 0 radical (unpaired) electrons. The number of fused-ring (bicyclic) bond motifs is 2. The Morgan fingerprint density at radius 2 is 1.59 bits per heavy atom. The second-order valence-electron chi connectivity index (χ2n) is 7.75. The number of aromatic amines is 1. The van der Waals surface area contributed by atoms with Crippen molar-refractivity contribution in [2.24, 2.45) is 0 Å². The molecule has 0 bridgehead atoms. The van der Waals surface area contributed by atoms with Crippen LogP contribution in [0, 0.1) is 11.8 Å². The van der Waals surface area contributed by atoms with E-state index in [1.54, 1.807) is 24.3 Å². The molecule has 2 amide bonds. The number of carbonyl (C=O) groups is 2. The lowest BCUT2D eigenvalue weighted by atomic mass is 10.1. The Morgan fingerprint density at radius 3 is 2.38 bits per heavy atom. The van der Waals surface area contributed by atoms with Crippen LogP contribution in [-0.4, -0.2) is 33.2 Å². The van der Waals surface area contributed by atoms with Gasteiger partial charge < -0.3 is 4.98 Å². The van der Waals surface area contributed by atoms with Gasteiger partial charge in [0.15, 0.2) is 0 Å². The number of benzene rings is 3. The van der Waals surface area contributed by atoms with Gasteiger partial charge in [0.2, 0.25) is 0 Å². The molecule has 4 aromatic rings. The lowest BCUT2D eigenvalue weighted by molar-refractivity contribution is 0.0652. The van der Waals surface area contributed by atoms with Crippen LogP contribution in [0.5, 0.6) is 0 Å². The summed E-state index contributed by atoms with van der Waals surface area (Å²) in [7, 11) is 0. The number of aromatic nitrogens is 2. The van der Waals surface area contributed by atoms with Crippen LogP contribution in [0.15, 0.2) is 72.8 Å². The molecule has 1 N–H and O–H groups in total. The molecule has 1 aliphatic heterocycles. The summed E-state index contributed by atoms with van der Waals surface area (Å²) in [4.78, 5) is 34.1. The second-order valence-corrected chi connectivity index (χ2v) is 7.75. The topological polar surface area (TPSA) is 66.1 Å². The van der Waals surface area contributed by atoms with Crippen molar-refractivity contribution < 1.29 is 9.59 Å². The first-order valence-corrected chi connectivity index (χ1v) is 10.7. The molecule has 1 aliphatic rings. The van der Waals surface area contributed by atoms with Gasteiger partial charge in [-0.1, -0.05) is 48.2 Å². The van der Waals surface area contributed by atoms with E-state index in [2.05, 4.69) is 21.8 Å². The van der Waals surface area contributed by atoms with Crippen molar-refractivity contribution in [3.05, 3.63) is 89.5 Å². The first kappa shape index (κ1) is 19.8. The summed E-state index contributed by atoms with van der Waals surface area (Å²) in [6, 6.07) is 23.0. The normalized spacial score (nSPS) is 12.7. The zero-order valence-corrected chi connectivity index (χ0v) is 17.5. The standard InChI is InChI=1S/C27H21N3O2/c31-26-21-13-4-5-14-22(21)27(32)30(26)17-8-2-1-3-10-19-11-9-12-20(18-19)25-28-23-15-6-7-16-24(23)29-25/h4-7,9,11-16,18H,1-2,8,17H2,(H,28,29). The third kappa shape index (κ3) is 3.79. The second kappa shape index (κ2) is 8.52. The number of unbranched alkanes of at least 4 members (excludes halogenated alkanes) is 2. The van der Waals surface area contributed by atoms with Crippen molar-refractivity contribution in [1.29, 1.82) is 0 Å². The van der Waals surface area contributed by atoms with Crippen LogP contribution >= 0.6 is 0 Å². The highest BCUT2D eigenvalue weighted by molar-refractivity contribution is 6.21. The van der Waals surface area contributed by atoms with E-state index in [-0.39, 0.29) is 11.8 Å². The zero-order valence-electron chi connectivity index (χ0n) is 17.5. The predicted molar refractivity (Wildman–Crippen MR) is 124 cm³/mol. The Hall–Kier alpha value is -4.17. The van der Waals surface area contributed by atoms with Gasteiger partial charge in [0.25, 0.3) is 11.8 Å². The third-order valence-corrected chi connectivity index (χ3v) is 5.57. The van der Waals surface area contributed by atoms with Crippen molar-refractivity contribution >= 4 is 22.8 Å². The van der Waals surface area contributed by atoms with Gasteiger partial charge in [-0.15, -0.1) is 0 Å². The number of carbonyl (C=O) groups excluding carboxylic acids is 2. The minimum absolute atomic E-state index is 0.195. The van der Waals surface area contributed by atoms with Gasteiger partial charge in [0.1, 0.15) is 5.82 Å². The molecule has 0 fully saturated rings. The lowest BCUT2D eigenvalue weighted by Gasteiger charge is -2.12. The summed E-state index contributed by atoms with van der Waals surface area (Å²) in [5, 5.41) is 0. The molecule has 0 saturated carbocycles. The van der Waals surface area contributed by atoms with E-state index in [0.717, 1.165) is 40.8 Å². The molecule has 156 valence electrons. The van der Waals surface area contributed by atoms with Crippen LogP contribution in [0.1, 0.15) is 45.5 Å². The monoisotopic (exact) mass is 419 g/mol. The molecule has 0 spiro atoms. The number of rotatable bonds is 5. The number of H-pyrrole nitrogens is 1. The average Bonchev–Trinajstić information content (AvgIpc) is 3.37. The van der Waals surface area contributed by atoms with E-state index in [4.69, 9.17) is 0 Å². The van der Waals surface area contributed by atoms with Crippen LogP contribution in [0.4, 0.5) is 0 Å². The highest BCUT2D eigenvalue weighted by Crippen LogP contribution is 2.23. The Balaban J connectivity index is 1.17. The van der Waals surface area contributed by atoms with Gasteiger partial charge in [-0.3, -0.25) is 14.5 Å². The Morgan fingerprint density at radius 1 is 0.844 bits per heavy atom. The molecule has 5 heteroatoms. The van der Waals surface area contributed by atoms with Crippen molar-refractivity contribution in [3.8, 4) is 23.2 Å². The van der Waals surface area contributed by atoms with Crippen molar-refractivity contribution in [3.63, 3.8) is 0 Å². The number of amides is 2. The lowest BCUT2D eigenvalue weighted by Crippen LogP contribution is -2.30. The summed E-state index contributed by atoms with van der Waals surface area (Å²) in [5.74, 6) is 6.85. The summed E-state index contributed by atoms with van der Waals surface area (Å²) in [6.07, 6.45) is 2.26. The van der Waals surface area contributed by atoms with Gasteiger partial charge in [-0.25, -0.2) is 4.98 Å². The zero-order chi connectivity index (χ0) is 21.9. The summed E-state index contributed by atoms with van der Waals surface area (Å²) in [6.45, 7) is 0.426. The fourth-order valence-electron chi connectivity index (χ4n) is 3.92. The highest BCUT2D eigenvalue weighted by atomic mass is 16.2. The van der Waals surface area contributed by atoms with E-state index < -0.39 is 0 Å². The van der Waals surface area contributed by atoms with Crippen molar-refractivity contribution in [2.45, 2.75) is 19.3 Å². The molecule has 0 aliphatic carbocycles. The summed E-state index contributed by atoms with van der Waals surface area (Å²) in [5.41, 5.74) is 4.89. The molecular formula is C27H21N3O2. The SMILES string of the molecule is O=C1c2ccccc2C(=O)N1CCCCC#Cc1cccc(-c2nc3ccccc3[nH]2)c1. The number of hydrogen-bond acceptors (Lipinski definition) is 3. The largest absolute Gasteiger partial charge is 0.338 e. The van der Waals surface area contributed by atoms with Gasteiger partial charge in [-0.2, -0.15) is 0 Å². The van der Waals surface area contributed by atoms with E-state index >= 15 is 0 Å². The smallest absolute Gasteiger partial charge is 0.261 e. The average molecular weight is 419 g/mol. The Labute approximate surface area is 186 Å². The van der Waals surface area contributed by atoms with Gasteiger partial charge in [0, 0.05) is 24.1 Å². The minimum Gasteiger partial charge on any atom is -0.338 e. The van der Waals surface area contributed by atoms with Gasteiger partial charge in [-0.05, 0) is 49.2 Å². The fraction of sp³-hybridized carbons (Fsp3) is 0.148. The quantitative estimate of drug-likeness (QED) is 0.280. The van der Waals surface area contributed by atoms with Crippen molar-refractivity contribution in [2.75, 3.05) is 6.54 Å². The molecule has 0 saturated heterocycles. The maximum absolute atomic E-state index is 12.4. The number of para-hydroxylation sites is 2. The number of hydrogen-bond donors (Lipinski definition) is 1. The molecule has 5 nitrogen and oxygen atoms in total. The van der Waals surface area contributed by atoms with E-state index in [1.807, 2.05) is 48.5 Å². The Kier molecular flexibility index (Phi) is 5.27. The molecule has 2 heterocycles. The molecule has 1 aromatic heterocycles. The number of imide groups is 1. The van der Waals surface area contributed by atoms with Crippen LogP contribution < -0.4 is 0 Å². The number of imidazole rings is 1. The molecule has 0 atom stereocenters. The molecule has 3 aromatic carbocycles. The van der Waals surface area contributed by atoms with Gasteiger partial charge in [0.05, 0.1) is 22.2 Å². The Bertz CT molecular complexity index is 1320. The minimum atomic E-state index is -0.195. The summed E-state index contributed by atoms with van der Waals surface area (Å²) < 4.78 is 0. The maximum Gasteiger partial charge on any atom is 0.261 e. The third-order valence-electron chi connectivity index (χ3n) is 5.57. The van der Waals surface area contributed by atoms with E-state index in [1.165, 1.54) is 4.90 Å². The van der Waals surface area contributed by atoms with Crippen LogP contribution in [0.3, 0.4) is 0 Å². The van der Waals surface area contributed by atoms with E-state index in [0.29, 0.717) is 24.1 Å². The van der Waals surface area contributed by atoms with Crippen LogP contribution in [-0.2, 0) is 0 Å².